The molecular formula is C15H24N2O. The fourth-order valence-electron chi connectivity index (χ4n) is 1.79. The smallest absolute Gasteiger partial charge is 0.227 e. The molecule has 0 heterocycles. The van der Waals surface area contributed by atoms with Gasteiger partial charge in [0, 0.05) is 6.54 Å². The molecule has 0 radical (unpaired) electrons. The Balaban J connectivity index is 2.76. The van der Waals surface area contributed by atoms with E-state index in [1.807, 2.05) is 45.9 Å². The molecule has 1 rings (SSSR count). The van der Waals surface area contributed by atoms with Crippen LogP contribution < -0.4 is 11.1 Å². The number of hydrogen-bond donors (Lipinski definition) is 2. The standard InChI is InChI=1S/C15H24N2O/c1-5-15(4,10-16)14(18)17-12(3)13-8-6-7-11(2)9-13/h6-9,12H,5,10,16H2,1-4H3,(H,17,18)/t12-,15?/m1/s1. The molecule has 1 aromatic rings. The van der Waals surface area contributed by atoms with Gasteiger partial charge >= 0.3 is 0 Å². The van der Waals surface area contributed by atoms with E-state index in [1.54, 1.807) is 0 Å². The minimum absolute atomic E-state index is 0.00910. The number of carbonyl (C=O) groups excluding carboxylic acids is 1. The third-order valence-electron chi connectivity index (χ3n) is 3.67. The van der Waals surface area contributed by atoms with E-state index >= 15 is 0 Å². The van der Waals surface area contributed by atoms with Gasteiger partial charge in [0.15, 0.2) is 0 Å². The number of benzene rings is 1. The topological polar surface area (TPSA) is 55.1 Å². The minimum atomic E-state index is -0.474. The molecule has 1 unspecified atom stereocenters. The summed E-state index contributed by atoms with van der Waals surface area (Å²) in [6.07, 6.45) is 0.746. The lowest BCUT2D eigenvalue weighted by Gasteiger charge is -2.27. The molecular weight excluding hydrogens is 224 g/mol. The third kappa shape index (κ3) is 3.33. The first-order valence-corrected chi connectivity index (χ1v) is 6.50. The van der Waals surface area contributed by atoms with Gasteiger partial charge in [-0.15, -0.1) is 0 Å². The lowest BCUT2D eigenvalue weighted by Crippen LogP contribution is -2.44. The SMILES string of the molecule is CCC(C)(CN)C(=O)N[C@H](C)c1cccc(C)c1. The summed E-state index contributed by atoms with van der Waals surface area (Å²) < 4.78 is 0. The predicted octanol–water partition coefficient (Wildman–Crippen LogP) is 2.55. The van der Waals surface area contributed by atoms with Crippen LogP contribution in [0, 0.1) is 12.3 Å². The van der Waals surface area contributed by atoms with E-state index in [0.29, 0.717) is 6.54 Å². The highest BCUT2D eigenvalue weighted by atomic mass is 16.2. The highest BCUT2D eigenvalue weighted by Gasteiger charge is 2.30. The van der Waals surface area contributed by atoms with Gasteiger partial charge in [-0.2, -0.15) is 0 Å². The summed E-state index contributed by atoms with van der Waals surface area (Å²) in [6.45, 7) is 8.32. The predicted molar refractivity (Wildman–Crippen MR) is 75.2 cm³/mol. The summed E-state index contributed by atoms with van der Waals surface area (Å²) in [5, 5.41) is 3.05. The Bertz CT molecular complexity index is 411. The average Bonchev–Trinajstić information content (AvgIpc) is 2.37. The summed E-state index contributed by atoms with van der Waals surface area (Å²) in [4.78, 5) is 12.2. The molecule has 0 spiro atoms. The fourth-order valence-corrected chi connectivity index (χ4v) is 1.79. The van der Waals surface area contributed by atoms with E-state index in [1.165, 1.54) is 5.56 Å². The van der Waals surface area contributed by atoms with Crippen LogP contribution in [-0.2, 0) is 4.79 Å². The van der Waals surface area contributed by atoms with Crippen LogP contribution in [0.1, 0.15) is 44.4 Å². The molecule has 3 N–H and O–H groups in total. The second kappa shape index (κ2) is 6.01. The molecule has 0 saturated heterocycles. The first-order chi connectivity index (χ1) is 8.42. The van der Waals surface area contributed by atoms with E-state index in [9.17, 15) is 4.79 Å². The van der Waals surface area contributed by atoms with Crippen LogP contribution in [0.15, 0.2) is 24.3 Å². The zero-order valence-electron chi connectivity index (χ0n) is 11.8. The van der Waals surface area contributed by atoms with Gasteiger partial charge in [0.2, 0.25) is 5.91 Å². The number of nitrogens with one attached hydrogen (secondary N) is 1. The largest absolute Gasteiger partial charge is 0.349 e. The van der Waals surface area contributed by atoms with Crippen molar-refractivity contribution in [1.82, 2.24) is 5.32 Å². The van der Waals surface area contributed by atoms with Crippen molar-refractivity contribution in [2.75, 3.05) is 6.54 Å². The highest BCUT2D eigenvalue weighted by Crippen LogP contribution is 2.22. The second-order valence-corrected chi connectivity index (χ2v) is 5.23. The van der Waals surface area contributed by atoms with Crippen LogP contribution >= 0.6 is 0 Å². The van der Waals surface area contributed by atoms with Crippen molar-refractivity contribution in [3.8, 4) is 0 Å². The number of carbonyl (C=O) groups is 1. The van der Waals surface area contributed by atoms with E-state index < -0.39 is 5.41 Å². The highest BCUT2D eigenvalue weighted by molar-refractivity contribution is 5.82. The summed E-state index contributed by atoms with van der Waals surface area (Å²) in [5.41, 5.74) is 7.55. The Kier molecular flexibility index (Phi) is 4.91. The molecule has 2 atom stereocenters. The van der Waals surface area contributed by atoms with Crippen molar-refractivity contribution in [2.24, 2.45) is 11.1 Å². The molecule has 18 heavy (non-hydrogen) atoms. The van der Waals surface area contributed by atoms with Gasteiger partial charge in [-0.25, -0.2) is 0 Å². The molecule has 0 saturated carbocycles. The van der Waals surface area contributed by atoms with Crippen LogP contribution in [0.5, 0.6) is 0 Å². The Hall–Kier alpha value is -1.35. The van der Waals surface area contributed by atoms with Gasteiger partial charge in [0.25, 0.3) is 0 Å². The van der Waals surface area contributed by atoms with Crippen molar-refractivity contribution in [3.05, 3.63) is 35.4 Å². The molecule has 0 aliphatic carbocycles. The van der Waals surface area contributed by atoms with Crippen molar-refractivity contribution >= 4 is 5.91 Å². The number of aryl methyl sites for hydroxylation is 1. The van der Waals surface area contributed by atoms with Gasteiger partial charge in [0.05, 0.1) is 11.5 Å². The normalized spacial score (nSPS) is 15.8. The van der Waals surface area contributed by atoms with Crippen molar-refractivity contribution in [1.29, 1.82) is 0 Å². The Morgan fingerprint density at radius 1 is 1.50 bits per heavy atom. The fraction of sp³-hybridized carbons (Fsp3) is 0.533. The van der Waals surface area contributed by atoms with E-state index in [0.717, 1.165) is 12.0 Å². The van der Waals surface area contributed by atoms with Gasteiger partial charge in [0.1, 0.15) is 0 Å². The van der Waals surface area contributed by atoms with Gasteiger partial charge in [-0.1, -0.05) is 36.8 Å². The molecule has 0 aliphatic heterocycles. The van der Waals surface area contributed by atoms with Crippen LogP contribution in [-0.4, -0.2) is 12.5 Å². The van der Waals surface area contributed by atoms with Crippen LogP contribution in [0.25, 0.3) is 0 Å². The molecule has 0 bridgehead atoms. The quantitative estimate of drug-likeness (QED) is 0.841. The maximum Gasteiger partial charge on any atom is 0.227 e. The van der Waals surface area contributed by atoms with E-state index in [-0.39, 0.29) is 11.9 Å². The van der Waals surface area contributed by atoms with Crippen molar-refractivity contribution in [2.45, 2.75) is 40.2 Å². The van der Waals surface area contributed by atoms with Gasteiger partial charge < -0.3 is 11.1 Å². The summed E-state index contributed by atoms with van der Waals surface area (Å²) in [6, 6.07) is 8.19. The second-order valence-electron chi connectivity index (χ2n) is 5.23. The van der Waals surface area contributed by atoms with E-state index in [4.69, 9.17) is 5.73 Å². The van der Waals surface area contributed by atoms with Crippen molar-refractivity contribution < 1.29 is 4.79 Å². The van der Waals surface area contributed by atoms with Gasteiger partial charge in [-0.05, 0) is 32.8 Å². The maximum atomic E-state index is 12.2. The number of amides is 1. The number of rotatable bonds is 5. The molecule has 3 heteroatoms. The molecule has 0 fully saturated rings. The lowest BCUT2D eigenvalue weighted by molar-refractivity contribution is -0.130. The average molecular weight is 248 g/mol. The Morgan fingerprint density at radius 2 is 2.17 bits per heavy atom. The summed E-state index contributed by atoms with van der Waals surface area (Å²) in [7, 11) is 0. The summed E-state index contributed by atoms with van der Waals surface area (Å²) in [5.74, 6) is 0.0292. The Morgan fingerprint density at radius 3 is 2.67 bits per heavy atom. The lowest BCUT2D eigenvalue weighted by atomic mass is 9.86. The molecule has 1 aromatic carbocycles. The molecule has 3 nitrogen and oxygen atoms in total. The third-order valence-corrected chi connectivity index (χ3v) is 3.67. The van der Waals surface area contributed by atoms with Crippen LogP contribution in [0.2, 0.25) is 0 Å². The zero-order valence-corrected chi connectivity index (χ0v) is 11.8. The Labute approximate surface area is 110 Å². The zero-order chi connectivity index (χ0) is 13.8. The van der Waals surface area contributed by atoms with Crippen LogP contribution in [0.3, 0.4) is 0 Å². The molecule has 1 amide bonds. The number of nitrogens with two attached hydrogens (primary N) is 1. The monoisotopic (exact) mass is 248 g/mol. The van der Waals surface area contributed by atoms with Crippen LogP contribution in [0.4, 0.5) is 0 Å². The minimum Gasteiger partial charge on any atom is -0.349 e. The molecule has 0 aliphatic rings. The van der Waals surface area contributed by atoms with Gasteiger partial charge in [-0.3, -0.25) is 4.79 Å². The molecule has 0 aromatic heterocycles. The first-order valence-electron chi connectivity index (χ1n) is 6.50. The maximum absolute atomic E-state index is 12.2. The first kappa shape index (κ1) is 14.7. The van der Waals surface area contributed by atoms with Crippen molar-refractivity contribution in [3.63, 3.8) is 0 Å². The number of hydrogen-bond acceptors (Lipinski definition) is 2. The van der Waals surface area contributed by atoms with E-state index in [2.05, 4.69) is 11.4 Å². The summed E-state index contributed by atoms with van der Waals surface area (Å²) >= 11 is 0. The molecule has 100 valence electrons.